The molecule has 7 heteroatoms. The number of allylic oxidation sites excluding steroid dienone is 1. The van der Waals surface area contributed by atoms with Crippen LogP contribution in [-0.4, -0.2) is 25.3 Å². The summed E-state index contributed by atoms with van der Waals surface area (Å²) in [6.45, 7) is 0. The molecule has 0 spiro atoms. The van der Waals surface area contributed by atoms with Crippen LogP contribution in [0.2, 0.25) is 10.0 Å². The number of hydrogen-bond acceptors (Lipinski definition) is 4. The molecule has 1 atom stereocenters. The largest absolute Gasteiger partial charge is 0.466 e. The number of esters is 1. The third-order valence-electron chi connectivity index (χ3n) is 3.16. The third kappa shape index (κ3) is 4.39. The highest BCUT2D eigenvalue weighted by Crippen LogP contribution is 2.25. The molecule has 1 N–H and O–H groups in total. The smallest absolute Gasteiger partial charge is 0.412 e. The first-order valence-corrected chi connectivity index (χ1v) is 7.45. The van der Waals surface area contributed by atoms with E-state index in [2.05, 4.69) is 10.1 Å². The molecule has 0 saturated heterocycles. The van der Waals surface area contributed by atoms with Gasteiger partial charge in [0.15, 0.2) is 0 Å². The molecule has 0 bridgehead atoms. The van der Waals surface area contributed by atoms with Crippen molar-refractivity contribution < 1.29 is 19.1 Å². The van der Waals surface area contributed by atoms with Crippen LogP contribution < -0.4 is 5.32 Å². The Morgan fingerprint density at radius 1 is 1.23 bits per heavy atom. The Labute approximate surface area is 138 Å². The topological polar surface area (TPSA) is 64.6 Å². The molecule has 118 valence electrons. The predicted octanol–water partition coefficient (Wildman–Crippen LogP) is 4.19. The standard InChI is InChI=1S/C15H15Cl2NO4/c1-21-14(19)13(9-4-2-3-5-9)22-15(20)18-12-7-10(16)6-11(17)8-12/h4,6-8,13H,2-3,5H2,1H3,(H,18,20). The van der Waals surface area contributed by atoms with E-state index in [1.807, 2.05) is 6.08 Å². The van der Waals surface area contributed by atoms with E-state index in [0.29, 0.717) is 22.2 Å². The molecule has 1 amide bonds. The van der Waals surface area contributed by atoms with Crippen LogP contribution >= 0.6 is 23.2 Å². The molecule has 0 aliphatic heterocycles. The van der Waals surface area contributed by atoms with Crippen molar-refractivity contribution in [3.05, 3.63) is 39.9 Å². The van der Waals surface area contributed by atoms with Gasteiger partial charge in [0.25, 0.3) is 0 Å². The first kappa shape index (κ1) is 16.6. The lowest BCUT2D eigenvalue weighted by Crippen LogP contribution is -2.31. The van der Waals surface area contributed by atoms with Gasteiger partial charge in [0.2, 0.25) is 6.10 Å². The van der Waals surface area contributed by atoms with Crippen molar-refractivity contribution in [3.8, 4) is 0 Å². The van der Waals surface area contributed by atoms with Crippen molar-refractivity contribution in [1.29, 1.82) is 0 Å². The summed E-state index contributed by atoms with van der Waals surface area (Å²) >= 11 is 11.7. The molecule has 0 radical (unpaired) electrons. The molecule has 2 rings (SSSR count). The second-order valence-corrected chi connectivity index (χ2v) is 5.64. The van der Waals surface area contributed by atoms with Crippen molar-refractivity contribution >= 4 is 41.0 Å². The van der Waals surface area contributed by atoms with Gasteiger partial charge in [0, 0.05) is 15.7 Å². The number of ether oxygens (including phenoxy) is 2. The van der Waals surface area contributed by atoms with Gasteiger partial charge >= 0.3 is 12.1 Å². The van der Waals surface area contributed by atoms with Crippen molar-refractivity contribution in [1.82, 2.24) is 0 Å². The van der Waals surface area contributed by atoms with Crippen LogP contribution in [0.5, 0.6) is 0 Å². The zero-order valence-electron chi connectivity index (χ0n) is 11.9. The lowest BCUT2D eigenvalue weighted by molar-refractivity contribution is -0.148. The van der Waals surface area contributed by atoms with E-state index in [0.717, 1.165) is 18.4 Å². The number of methoxy groups -OCH3 is 1. The van der Waals surface area contributed by atoms with Crippen LogP contribution in [0.1, 0.15) is 19.3 Å². The van der Waals surface area contributed by atoms with Gasteiger partial charge < -0.3 is 9.47 Å². The number of amides is 1. The van der Waals surface area contributed by atoms with Crippen molar-refractivity contribution in [3.63, 3.8) is 0 Å². The molecule has 22 heavy (non-hydrogen) atoms. The summed E-state index contributed by atoms with van der Waals surface area (Å²) in [7, 11) is 1.25. The number of carbonyl (C=O) groups excluding carboxylic acids is 2. The maximum Gasteiger partial charge on any atom is 0.412 e. The fourth-order valence-corrected chi connectivity index (χ4v) is 2.72. The minimum absolute atomic E-state index is 0.380. The van der Waals surface area contributed by atoms with Crippen molar-refractivity contribution in [2.75, 3.05) is 12.4 Å². The molecule has 1 aliphatic carbocycles. The first-order chi connectivity index (χ1) is 10.5. The molecule has 0 aromatic heterocycles. The van der Waals surface area contributed by atoms with Gasteiger partial charge in [0.1, 0.15) is 0 Å². The third-order valence-corrected chi connectivity index (χ3v) is 3.60. The van der Waals surface area contributed by atoms with Crippen molar-refractivity contribution in [2.24, 2.45) is 0 Å². The quantitative estimate of drug-likeness (QED) is 0.657. The maximum absolute atomic E-state index is 12.0. The summed E-state index contributed by atoms with van der Waals surface area (Å²) in [6, 6.07) is 4.59. The average Bonchev–Trinajstić information content (AvgIpc) is 2.96. The number of anilines is 1. The Bertz CT molecular complexity index is 595. The predicted molar refractivity (Wildman–Crippen MR) is 84.3 cm³/mol. The van der Waals surface area contributed by atoms with Crippen LogP contribution in [-0.2, 0) is 14.3 Å². The molecule has 1 aromatic carbocycles. The van der Waals surface area contributed by atoms with Gasteiger partial charge in [-0.05, 0) is 43.0 Å². The zero-order chi connectivity index (χ0) is 16.1. The zero-order valence-corrected chi connectivity index (χ0v) is 13.4. The Hall–Kier alpha value is -1.72. The number of benzene rings is 1. The van der Waals surface area contributed by atoms with Crippen LogP contribution in [0.25, 0.3) is 0 Å². The lowest BCUT2D eigenvalue weighted by atomic mass is 10.1. The van der Waals surface area contributed by atoms with E-state index in [1.165, 1.54) is 19.2 Å². The lowest BCUT2D eigenvalue weighted by Gasteiger charge is -2.17. The van der Waals surface area contributed by atoms with E-state index in [9.17, 15) is 9.59 Å². The van der Waals surface area contributed by atoms with Crippen LogP contribution in [0, 0.1) is 0 Å². The molecule has 0 fully saturated rings. The molecule has 0 saturated carbocycles. The summed E-state index contributed by atoms with van der Waals surface area (Å²) < 4.78 is 9.88. The maximum atomic E-state index is 12.0. The fraction of sp³-hybridized carbons (Fsp3) is 0.333. The van der Waals surface area contributed by atoms with Crippen LogP contribution in [0.3, 0.4) is 0 Å². The number of nitrogens with one attached hydrogen (secondary N) is 1. The Kier molecular flexibility index (Phi) is 5.69. The Morgan fingerprint density at radius 2 is 1.91 bits per heavy atom. The highest BCUT2D eigenvalue weighted by molar-refractivity contribution is 6.35. The van der Waals surface area contributed by atoms with Gasteiger partial charge in [-0.1, -0.05) is 29.3 Å². The number of rotatable bonds is 4. The summed E-state index contributed by atoms with van der Waals surface area (Å²) in [5.74, 6) is -0.604. The minimum Gasteiger partial charge on any atom is -0.466 e. The number of hydrogen-bond donors (Lipinski definition) is 1. The average molecular weight is 344 g/mol. The second kappa shape index (κ2) is 7.51. The summed E-state index contributed by atoms with van der Waals surface area (Å²) in [4.78, 5) is 23.8. The van der Waals surface area contributed by atoms with E-state index >= 15 is 0 Å². The summed E-state index contributed by atoms with van der Waals surface area (Å²) in [5, 5.41) is 3.25. The second-order valence-electron chi connectivity index (χ2n) is 4.76. The van der Waals surface area contributed by atoms with Gasteiger partial charge in [-0.15, -0.1) is 0 Å². The normalized spacial score (nSPS) is 15.0. The van der Waals surface area contributed by atoms with Gasteiger partial charge in [0.05, 0.1) is 7.11 Å². The van der Waals surface area contributed by atoms with E-state index < -0.39 is 18.2 Å². The van der Waals surface area contributed by atoms with E-state index in [4.69, 9.17) is 27.9 Å². The highest BCUT2D eigenvalue weighted by atomic mass is 35.5. The Morgan fingerprint density at radius 3 is 2.45 bits per heavy atom. The molecular formula is C15H15Cl2NO4. The van der Waals surface area contributed by atoms with E-state index in [-0.39, 0.29) is 0 Å². The molecule has 5 nitrogen and oxygen atoms in total. The molecule has 1 aliphatic rings. The SMILES string of the molecule is COC(=O)C(OC(=O)Nc1cc(Cl)cc(Cl)c1)C1=CCCC1. The van der Waals surface area contributed by atoms with Gasteiger partial charge in [-0.3, -0.25) is 5.32 Å². The minimum atomic E-state index is -1.03. The van der Waals surface area contributed by atoms with Crippen molar-refractivity contribution in [2.45, 2.75) is 25.4 Å². The number of halogens is 2. The summed E-state index contributed by atoms with van der Waals surface area (Å²) in [6.07, 6.45) is 2.58. The molecule has 1 unspecified atom stereocenters. The van der Waals surface area contributed by atoms with Crippen LogP contribution in [0.15, 0.2) is 29.8 Å². The van der Waals surface area contributed by atoms with Crippen LogP contribution in [0.4, 0.5) is 10.5 Å². The number of carbonyl (C=O) groups is 2. The fourth-order valence-electron chi connectivity index (χ4n) is 2.20. The van der Waals surface area contributed by atoms with Gasteiger partial charge in [-0.2, -0.15) is 0 Å². The molecular weight excluding hydrogens is 329 g/mol. The molecule has 1 aromatic rings. The molecule has 0 heterocycles. The van der Waals surface area contributed by atoms with E-state index in [1.54, 1.807) is 6.07 Å². The first-order valence-electron chi connectivity index (χ1n) is 6.70. The Balaban J connectivity index is 2.06. The summed E-state index contributed by atoms with van der Waals surface area (Å²) in [5.41, 5.74) is 1.14. The highest BCUT2D eigenvalue weighted by Gasteiger charge is 2.29. The monoisotopic (exact) mass is 343 g/mol. The van der Waals surface area contributed by atoms with Gasteiger partial charge in [-0.25, -0.2) is 9.59 Å².